The number of hydrogen-bond acceptors (Lipinski definition) is 4. The molecule has 0 saturated heterocycles. The van der Waals surface area contributed by atoms with Gasteiger partial charge in [0.15, 0.2) is 0 Å². The number of rotatable bonds is 8. The standard InChI is InChI=1S/C19H21F3N2O3S.C2H6/c20-19(21,22)16-7-6-14(13-4-2-1-3-5-13)12-15(16)8-10-28(24,27)11-9-17(23)18(25)26;1-2/h1-7,12,17,24H,8-11,23H2,(H,25,26);1-2H3. The van der Waals surface area contributed by atoms with E-state index in [1.807, 2.05) is 13.8 Å². The van der Waals surface area contributed by atoms with Crippen LogP contribution in [0, 0.1) is 4.78 Å². The Kier molecular flexibility index (Phi) is 9.51. The molecular formula is C21H27F3N2O3S. The molecule has 2 aromatic carbocycles. The van der Waals surface area contributed by atoms with E-state index in [2.05, 4.69) is 0 Å². The van der Waals surface area contributed by atoms with Crippen LogP contribution in [0.5, 0.6) is 0 Å². The van der Waals surface area contributed by atoms with Gasteiger partial charge in [-0.1, -0.05) is 56.3 Å². The number of alkyl halides is 3. The van der Waals surface area contributed by atoms with E-state index in [1.165, 1.54) is 12.1 Å². The molecule has 5 nitrogen and oxygen atoms in total. The molecule has 2 rings (SSSR count). The van der Waals surface area contributed by atoms with Gasteiger partial charge in [0.1, 0.15) is 6.04 Å². The third-order valence-electron chi connectivity index (χ3n) is 4.29. The fraction of sp³-hybridized carbons (Fsp3) is 0.381. The summed E-state index contributed by atoms with van der Waals surface area (Å²) in [5.74, 6) is -1.86. The molecule has 2 unspecified atom stereocenters. The number of aliphatic carboxylic acids is 1. The minimum Gasteiger partial charge on any atom is -0.480 e. The third-order valence-corrected chi connectivity index (χ3v) is 6.05. The summed E-state index contributed by atoms with van der Waals surface area (Å²) in [5.41, 5.74) is 5.80. The van der Waals surface area contributed by atoms with Gasteiger partial charge in [-0.05, 0) is 35.6 Å². The molecule has 0 amide bonds. The Morgan fingerprint density at radius 2 is 1.70 bits per heavy atom. The van der Waals surface area contributed by atoms with Crippen LogP contribution < -0.4 is 5.73 Å². The van der Waals surface area contributed by atoms with Crippen LogP contribution in [-0.2, 0) is 27.1 Å². The first-order valence-corrected chi connectivity index (χ1v) is 11.4. The van der Waals surface area contributed by atoms with Crippen molar-refractivity contribution in [3.8, 4) is 11.1 Å². The second kappa shape index (κ2) is 11.1. The predicted molar refractivity (Wildman–Crippen MR) is 113 cm³/mol. The zero-order valence-electron chi connectivity index (χ0n) is 16.9. The number of nitrogens with one attached hydrogen (secondary N) is 1. The van der Waals surface area contributed by atoms with Crippen LogP contribution in [0.15, 0.2) is 48.5 Å². The van der Waals surface area contributed by atoms with Crippen molar-refractivity contribution in [1.82, 2.24) is 0 Å². The van der Waals surface area contributed by atoms with Crippen LogP contribution in [0.25, 0.3) is 11.1 Å². The molecule has 0 spiro atoms. The van der Waals surface area contributed by atoms with Gasteiger partial charge in [-0.2, -0.15) is 13.2 Å². The van der Waals surface area contributed by atoms with Gasteiger partial charge in [-0.15, -0.1) is 0 Å². The lowest BCUT2D eigenvalue weighted by molar-refractivity contribution is -0.139. The van der Waals surface area contributed by atoms with E-state index in [1.54, 1.807) is 30.3 Å². The lowest BCUT2D eigenvalue weighted by Gasteiger charge is -2.16. The van der Waals surface area contributed by atoms with Crippen molar-refractivity contribution in [2.75, 3.05) is 11.5 Å². The number of carboxylic acids is 1. The summed E-state index contributed by atoms with van der Waals surface area (Å²) in [5, 5.41) is 8.75. The van der Waals surface area contributed by atoms with E-state index in [0.717, 1.165) is 11.6 Å². The largest absolute Gasteiger partial charge is 0.480 e. The van der Waals surface area contributed by atoms with Crippen LogP contribution in [-0.4, -0.2) is 32.8 Å². The van der Waals surface area contributed by atoms with E-state index in [0.29, 0.717) is 5.56 Å². The van der Waals surface area contributed by atoms with Crippen LogP contribution in [0.2, 0.25) is 0 Å². The van der Waals surface area contributed by atoms with Crippen LogP contribution >= 0.6 is 0 Å². The summed E-state index contributed by atoms with van der Waals surface area (Å²) < 4.78 is 60.2. The van der Waals surface area contributed by atoms with Crippen molar-refractivity contribution in [2.45, 2.75) is 38.9 Å². The zero-order valence-corrected chi connectivity index (χ0v) is 17.7. The highest BCUT2D eigenvalue weighted by molar-refractivity contribution is 7.92. The molecule has 0 aromatic heterocycles. The van der Waals surface area contributed by atoms with Crippen molar-refractivity contribution >= 4 is 15.7 Å². The Labute approximate surface area is 175 Å². The molecule has 2 aromatic rings. The summed E-state index contributed by atoms with van der Waals surface area (Å²) in [6.07, 6.45) is -4.95. The highest BCUT2D eigenvalue weighted by atomic mass is 32.2. The molecule has 4 N–H and O–H groups in total. The third kappa shape index (κ3) is 7.79. The molecule has 0 aliphatic carbocycles. The van der Waals surface area contributed by atoms with Gasteiger partial charge in [-0.3, -0.25) is 9.57 Å². The van der Waals surface area contributed by atoms with Gasteiger partial charge in [0.25, 0.3) is 0 Å². The highest BCUT2D eigenvalue weighted by Crippen LogP contribution is 2.34. The van der Waals surface area contributed by atoms with E-state index in [4.69, 9.17) is 15.6 Å². The minimum atomic E-state index is -4.57. The predicted octanol–water partition coefficient (Wildman–Crippen LogP) is 4.79. The molecule has 2 atom stereocenters. The zero-order chi connectivity index (χ0) is 22.9. The summed E-state index contributed by atoms with van der Waals surface area (Å²) in [6.45, 7) is 4.00. The van der Waals surface area contributed by atoms with Gasteiger partial charge in [-0.25, -0.2) is 4.21 Å². The molecule has 0 aliphatic rings. The minimum absolute atomic E-state index is 0.0450. The van der Waals surface area contributed by atoms with Crippen LogP contribution in [0.1, 0.15) is 31.4 Å². The molecule has 0 bridgehead atoms. The molecule has 0 radical (unpaired) electrons. The summed E-state index contributed by atoms with van der Waals surface area (Å²) in [4.78, 5) is 10.7. The molecule has 0 heterocycles. The molecule has 9 heteroatoms. The van der Waals surface area contributed by atoms with Crippen LogP contribution in [0.4, 0.5) is 13.2 Å². The Hall–Kier alpha value is -2.39. The lowest BCUT2D eigenvalue weighted by Crippen LogP contribution is -2.32. The smallest absolute Gasteiger partial charge is 0.416 e. The number of carboxylic acid groups (broad SMARTS) is 1. The van der Waals surface area contributed by atoms with Crippen molar-refractivity contribution in [2.24, 2.45) is 5.73 Å². The Morgan fingerprint density at radius 1 is 1.10 bits per heavy atom. The quantitative estimate of drug-likeness (QED) is 0.544. The van der Waals surface area contributed by atoms with Gasteiger partial charge in [0.05, 0.1) is 5.56 Å². The Morgan fingerprint density at radius 3 is 2.23 bits per heavy atom. The summed E-state index contributed by atoms with van der Waals surface area (Å²) in [6, 6.07) is 11.4. The van der Waals surface area contributed by atoms with Crippen LogP contribution in [0.3, 0.4) is 0 Å². The number of halogens is 3. The molecule has 0 saturated carbocycles. The molecular weight excluding hydrogens is 417 g/mol. The van der Waals surface area contributed by atoms with E-state index in [9.17, 15) is 22.2 Å². The average molecular weight is 445 g/mol. The first-order valence-electron chi connectivity index (χ1n) is 9.48. The fourth-order valence-electron chi connectivity index (χ4n) is 2.70. The summed E-state index contributed by atoms with van der Waals surface area (Å²) >= 11 is 0. The maximum absolute atomic E-state index is 13.3. The number of nitrogens with two attached hydrogens (primary N) is 1. The monoisotopic (exact) mass is 444 g/mol. The Balaban J connectivity index is 0.00000218. The second-order valence-corrected chi connectivity index (χ2v) is 8.88. The van der Waals surface area contributed by atoms with Crippen molar-refractivity contribution in [3.05, 3.63) is 59.7 Å². The average Bonchev–Trinajstić information content (AvgIpc) is 2.71. The maximum atomic E-state index is 13.3. The van der Waals surface area contributed by atoms with Crippen molar-refractivity contribution in [1.29, 1.82) is 4.78 Å². The van der Waals surface area contributed by atoms with Gasteiger partial charge < -0.3 is 10.8 Å². The number of hydrogen-bond donors (Lipinski definition) is 3. The molecule has 30 heavy (non-hydrogen) atoms. The maximum Gasteiger partial charge on any atom is 0.416 e. The number of benzene rings is 2. The Bertz CT molecular complexity index is 930. The number of carbonyl (C=O) groups is 1. The molecule has 0 aliphatic heterocycles. The molecule has 166 valence electrons. The van der Waals surface area contributed by atoms with Crippen molar-refractivity contribution < 1.29 is 27.3 Å². The van der Waals surface area contributed by atoms with E-state index in [-0.39, 0.29) is 29.9 Å². The van der Waals surface area contributed by atoms with E-state index < -0.39 is 33.5 Å². The lowest BCUT2D eigenvalue weighted by atomic mass is 9.97. The highest BCUT2D eigenvalue weighted by Gasteiger charge is 2.33. The topological polar surface area (TPSA) is 104 Å². The fourth-order valence-corrected chi connectivity index (χ4v) is 4.09. The van der Waals surface area contributed by atoms with Gasteiger partial charge in [0.2, 0.25) is 0 Å². The van der Waals surface area contributed by atoms with Crippen molar-refractivity contribution in [3.63, 3.8) is 0 Å². The number of aryl methyl sites for hydroxylation is 1. The van der Waals surface area contributed by atoms with E-state index >= 15 is 0 Å². The first-order chi connectivity index (χ1) is 14.0. The SMILES string of the molecule is CC.N=S(=O)(CCc1cc(-c2ccccc2)ccc1C(F)(F)F)CCC(N)C(=O)O. The second-order valence-electron chi connectivity index (χ2n) is 6.44. The molecule has 0 fully saturated rings. The normalized spacial score (nSPS) is 14.2. The summed E-state index contributed by atoms with van der Waals surface area (Å²) in [7, 11) is -3.26. The van der Waals surface area contributed by atoms with Gasteiger partial charge in [0, 0.05) is 21.2 Å². The first kappa shape index (κ1) is 25.6. The van der Waals surface area contributed by atoms with Gasteiger partial charge >= 0.3 is 12.1 Å².